The van der Waals surface area contributed by atoms with Crippen LogP contribution < -0.4 is 10.1 Å². The van der Waals surface area contributed by atoms with Crippen molar-refractivity contribution in [3.05, 3.63) is 29.8 Å². The topological polar surface area (TPSA) is 45.0 Å². The number of nitrogens with zero attached hydrogens (tertiary/aromatic N) is 1. The molecule has 1 unspecified atom stereocenters. The van der Waals surface area contributed by atoms with Gasteiger partial charge in [-0.25, -0.2) is 0 Å². The van der Waals surface area contributed by atoms with E-state index in [1.54, 1.807) is 7.11 Å². The minimum atomic E-state index is 0.284. The SMILES string of the molecule is CCC(CC#N)NCc1ccc(OC)cc1. The summed E-state index contributed by atoms with van der Waals surface area (Å²) in [5.41, 5.74) is 1.21. The summed E-state index contributed by atoms with van der Waals surface area (Å²) in [5.74, 6) is 0.868. The Hall–Kier alpha value is -1.53. The third kappa shape index (κ3) is 3.92. The van der Waals surface area contributed by atoms with Crippen LogP contribution in [0, 0.1) is 11.3 Å². The molecule has 0 amide bonds. The molecule has 3 heteroatoms. The molecule has 0 radical (unpaired) electrons. The monoisotopic (exact) mass is 218 g/mol. The van der Waals surface area contributed by atoms with E-state index in [1.807, 2.05) is 24.3 Å². The molecule has 1 atom stereocenters. The molecule has 0 saturated carbocycles. The normalized spacial score (nSPS) is 11.8. The molecular formula is C13H18N2O. The van der Waals surface area contributed by atoms with Gasteiger partial charge in [-0.15, -0.1) is 0 Å². The Bertz CT molecular complexity index is 340. The van der Waals surface area contributed by atoms with Crippen LogP contribution in [0.1, 0.15) is 25.3 Å². The van der Waals surface area contributed by atoms with Crippen LogP contribution in [-0.4, -0.2) is 13.2 Å². The Balaban J connectivity index is 2.44. The fraction of sp³-hybridized carbons (Fsp3) is 0.462. The predicted molar refractivity (Wildman–Crippen MR) is 64.1 cm³/mol. The van der Waals surface area contributed by atoms with E-state index in [0.29, 0.717) is 6.42 Å². The van der Waals surface area contributed by atoms with Crippen molar-refractivity contribution in [1.82, 2.24) is 5.32 Å². The molecule has 16 heavy (non-hydrogen) atoms. The van der Waals surface area contributed by atoms with E-state index >= 15 is 0 Å². The first kappa shape index (κ1) is 12.5. The molecule has 0 heterocycles. The number of hydrogen-bond donors (Lipinski definition) is 1. The summed E-state index contributed by atoms with van der Waals surface area (Å²) in [5, 5.41) is 12.0. The largest absolute Gasteiger partial charge is 0.497 e. The van der Waals surface area contributed by atoms with Crippen LogP contribution in [0.5, 0.6) is 5.75 Å². The highest BCUT2D eigenvalue weighted by Crippen LogP contribution is 2.11. The quantitative estimate of drug-likeness (QED) is 0.797. The molecule has 1 rings (SSSR count). The molecule has 86 valence electrons. The van der Waals surface area contributed by atoms with Gasteiger partial charge in [0.25, 0.3) is 0 Å². The van der Waals surface area contributed by atoms with Crippen LogP contribution in [0.25, 0.3) is 0 Å². The first-order chi connectivity index (χ1) is 7.80. The molecule has 0 aliphatic heterocycles. The zero-order valence-electron chi connectivity index (χ0n) is 9.86. The van der Waals surface area contributed by atoms with Crippen LogP contribution in [0.15, 0.2) is 24.3 Å². The number of nitriles is 1. The van der Waals surface area contributed by atoms with Gasteiger partial charge in [-0.2, -0.15) is 5.26 Å². The first-order valence-electron chi connectivity index (χ1n) is 5.53. The van der Waals surface area contributed by atoms with Crippen LogP contribution in [0.2, 0.25) is 0 Å². The van der Waals surface area contributed by atoms with Gasteiger partial charge in [0.1, 0.15) is 5.75 Å². The van der Waals surface area contributed by atoms with E-state index in [2.05, 4.69) is 18.3 Å². The summed E-state index contributed by atoms with van der Waals surface area (Å²) in [4.78, 5) is 0. The van der Waals surface area contributed by atoms with Crippen molar-refractivity contribution < 1.29 is 4.74 Å². The summed E-state index contributed by atoms with van der Waals surface area (Å²) >= 11 is 0. The van der Waals surface area contributed by atoms with Gasteiger partial charge in [-0.1, -0.05) is 19.1 Å². The van der Waals surface area contributed by atoms with Crippen LogP contribution in [0.3, 0.4) is 0 Å². The van der Waals surface area contributed by atoms with E-state index in [9.17, 15) is 0 Å². The summed E-state index contributed by atoms with van der Waals surface area (Å²) in [6.07, 6.45) is 1.54. The van der Waals surface area contributed by atoms with Crippen molar-refractivity contribution in [2.45, 2.75) is 32.4 Å². The molecular weight excluding hydrogens is 200 g/mol. The number of nitrogens with one attached hydrogen (secondary N) is 1. The third-order valence-corrected chi connectivity index (χ3v) is 2.58. The Morgan fingerprint density at radius 3 is 2.56 bits per heavy atom. The molecule has 0 aliphatic rings. The van der Waals surface area contributed by atoms with Gasteiger partial charge in [0.05, 0.1) is 19.6 Å². The van der Waals surface area contributed by atoms with E-state index in [4.69, 9.17) is 10.00 Å². The highest BCUT2D eigenvalue weighted by atomic mass is 16.5. The second-order valence-corrected chi connectivity index (χ2v) is 3.70. The number of benzene rings is 1. The second kappa shape index (κ2) is 6.86. The zero-order chi connectivity index (χ0) is 11.8. The molecule has 3 nitrogen and oxygen atoms in total. The molecule has 0 bridgehead atoms. The Morgan fingerprint density at radius 2 is 2.06 bits per heavy atom. The lowest BCUT2D eigenvalue weighted by molar-refractivity contribution is 0.414. The standard InChI is InChI=1S/C13H18N2O/c1-3-12(8-9-14)15-10-11-4-6-13(16-2)7-5-11/h4-7,12,15H,3,8,10H2,1-2H3. The maximum Gasteiger partial charge on any atom is 0.118 e. The maximum absolute atomic E-state index is 8.63. The molecule has 0 aliphatic carbocycles. The van der Waals surface area contributed by atoms with Gasteiger partial charge in [-0.3, -0.25) is 0 Å². The fourth-order valence-electron chi connectivity index (χ4n) is 1.48. The summed E-state index contributed by atoms with van der Waals surface area (Å²) in [6, 6.07) is 10.4. The first-order valence-corrected chi connectivity index (χ1v) is 5.53. The minimum Gasteiger partial charge on any atom is -0.497 e. The van der Waals surface area contributed by atoms with Crippen molar-refractivity contribution >= 4 is 0 Å². The molecule has 0 spiro atoms. The highest BCUT2D eigenvalue weighted by Gasteiger charge is 2.04. The van der Waals surface area contributed by atoms with Crippen LogP contribution >= 0.6 is 0 Å². The average molecular weight is 218 g/mol. The van der Waals surface area contributed by atoms with Crippen LogP contribution in [0.4, 0.5) is 0 Å². The highest BCUT2D eigenvalue weighted by molar-refractivity contribution is 5.27. The number of rotatable bonds is 6. The lowest BCUT2D eigenvalue weighted by atomic mass is 10.1. The van der Waals surface area contributed by atoms with E-state index in [0.717, 1.165) is 18.7 Å². The molecule has 0 aromatic heterocycles. The summed E-state index contributed by atoms with van der Waals surface area (Å²) in [6.45, 7) is 2.88. The van der Waals surface area contributed by atoms with E-state index < -0.39 is 0 Å². The van der Waals surface area contributed by atoms with Crippen LogP contribution in [-0.2, 0) is 6.54 Å². The number of ether oxygens (including phenoxy) is 1. The predicted octanol–water partition coefficient (Wildman–Crippen LogP) is 2.48. The molecule has 1 aromatic rings. The van der Waals surface area contributed by atoms with Crippen molar-refractivity contribution in [2.24, 2.45) is 0 Å². The van der Waals surface area contributed by atoms with Gasteiger partial charge < -0.3 is 10.1 Å². The van der Waals surface area contributed by atoms with Gasteiger partial charge in [-0.05, 0) is 24.1 Å². The number of hydrogen-bond acceptors (Lipinski definition) is 3. The third-order valence-electron chi connectivity index (χ3n) is 2.58. The lowest BCUT2D eigenvalue weighted by Gasteiger charge is -2.13. The lowest BCUT2D eigenvalue weighted by Crippen LogP contribution is -2.27. The molecule has 0 fully saturated rings. The maximum atomic E-state index is 8.63. The van der Waals surface area contributed by atoms with Gasteiger partial charge >= 0.3 is 0 Å². The molecule has 1 N–H and O–H groups in total. The minimum absolute atomic E-state index is 0.284. The number of methoxy groups -OCH3 is 1. The van der Waals surface area contributed by atoms with Crippen molar-refractivity contribution in [3.8, 4) is 11.8 Å². The van der Waals surface area contributed by atoms with E-state index in [1.165, 1.54) is 5.56 Å². The molecule has 1 aromatic carbocycles. The second-order valence-electron chi connectivity index (χ2n) is 3.70. The molecule has 0 saturated heterocycles. The Labute approximate surface area is 97.0 Å². The van der Waals surface area contributed by atoms with Gasteiger partial charge in [0.15, 0.2) is 0 Å². The average Bonchev–Trinajstić information content (AvgIpc) is 2.35. The van der Waals surface area contributed by atoms with Gasteiger partial charge in [0.2, 0.25) is 0 Å². The van der Waals surface area contributed by atoms with E-state index in [-0.39, 0.29) is 6.04 Å². The Morgan fingerprint density at radius 1 is 1.38 bits per heavy atom. The summed E-state index contributed by atoms with van der Waals surface area (Å²) in [7, 11) is 1.66. The van der Waals surface area contributed by atoms with Crippen molar-refractivity contribution in [1.29, 1.82) is 5.26 Å². The van der Waals surface area contributed by atoms with Crippen molar-refractivity contribution in [2.75, 3.05) is 7.11 Å². The Kier molecular flexibility index (Phi) is 5.38. The van der Waals surface area contributed by atoms with Gasteiger partial charge in [0, 0.05) is 12.6 Å². The zero-order valence-corrected chi connectivity index (χ0v) is 9.86. The smallest absolute Gasteiger partial charge is 0.118 e. The summed E-state index contributed by atoms with van der Waals surface area (Å²) < 4.78 is 5.09. The van der Waals surface area contributed by atoms with Crippen molar-refractivity contribution in [3.63, 3.8) is 0 Å². The fourth-order valence-corrected chi connectivity index (χ4v) is 1.48.